The molecule has 0 bridgehead atoms. The number of hydrogen-bond acceptors (Lipinski definition) is 1. The lowest BCUT2D eigenvalue weighted by Crippen LogP contribution is -1.86. The van der Waals surface area contributed by atoms with Crippen LogP contribution in [0.5, 0.6) is 0 Å². The van der Waals surface area contributed by atoms with Gasteiger partial charge in [-0.05, 0) is 30.6 Å². The molecule has 2 aliphatic rings. The first-order valence-corrected chi connectivity index (χ1v) is 3.78. The van der Waals surface area contributed by atoms with E-state index >= 15 is 0 Å². The van der Waals surface area contributed by atoms with E-state index in [4.69, 9.17) is 0 Å². The molecule has 9 heavy (non-hydrogen) atoms. The van der Waals surface area contributed by atoms with Gasteiger partial charge in [0.05, 0.1) is 0 Å². The minimum Gasteiger partial charge on any atom is -0.303 e. The van der Waals surface area contributed by atoms with Gasteiger partial charge >= 0.3 is 0 Å². The molecular formula is C8H12O. The van der Waals surface area contributed by atoms with E-state index in [0.29, 0.717) is 5.92 Å². The zero-order chi connectivity index (χ0) is 6.43. The molecule has 0 aliphatic heterocycles. The van der Waals surface area contributed by atoms with Crippen LogP contribution in [0.3, 0.4) is 0 Å². The van der Waals surface area contributed by atoms with Crippen LogP contribution in [-0.4, -0.2) is 6.29 Å². The maximum atomic E-state index is 10.2. The van der Waals surface area contributed by atoms with Crippen molar-refractivity contribution in [3.63, 3.8) is 0 Å². The minimum absolute atomic E-state index is 0.458. The van der Waals surface area contributed by atoms with Gasteiger partial charge in [0.1, 0.15) is 6.29 Å². The van der Waals surface area contributed by atoms with Crippen molar-refractivity contribution >= 4 is 6.29 Å². The fourth-order valence-corrected chi connectivity index (χ4v) is 1.83. The molecule has 0 aromatic heterocycles. The summed E-state index contributed by atoms with van der Waals surface area (Å²) in [6.45, 7) is 2.28. The monoisotopic (exact) mass is 124 g/mol. The molecule has 0 aromatic carbocycles. The predicted octanol–water partition coefficient (Wildman–Crippen LogP) is 1.48. The van der Waals surface area contributed by atoms with Crippen molar-refractivity contribution in [1.82, 2.24) is 0 Å². The molecule has 0 unspecified atom stereocenters. The Bertz CT molecular complexity index is 142. The van der Waals surface area contributed by atoms with Crippen LogP contribution in [0, 0.1) is 23.7 Å². The van der Waals surface area contributed by atoms with Gasteiger partial charge in [-0.15, -0.1) is 0 Å². The molecule has 0 aromatic rings. The summed E-state index contributed by atoms with van der Waals surface area (Å²) in [6.07, 6.45) is 3.71. The Morgan fingerprint density at radius 2 is 2.00 bits per heavy atom. The predicted molar refractivity (Wildman–Crippen MR) is 34.9 cm³/mol. The van der Waals surface area contributed by atoms with E-state index in [2.05, 4.69) is 6.92 Å². The Hall–Kier alpha value is -0.330. The van der Waals surface area contributed by atoms with E-state index in [9.17, 15) is 4.79 Å². The second-order valence-corrected chi connectivity index (χ2v) is 3.58. The van der Waals surface area contributed by atoms with Crippen molar-refractivity contribution < 1.29 is 4.79 Å². The molecule has 2 aliphatic carbocycles. The summed E-state index contributed by atoms with van der Waals surface area (Å²) in [5.41, 5.74) is 0. The molecule has 2 fully saturated rings. The molecule has 0 saturated heterocycles. The largest absolute Gasteiger partial charge is 0.303 e. The van der Waals surface area contributed by atoms with Crippen LogP contribution < -0.4 is 0 Å². The van der Waals surface area contributed by atoms with E-state index in [1.807, 2.05) is 0 Å². The Balaban J connectivity index is 1.84. The molecule has 2 rings (SSSR count). The first kappa shape index (κ1) is 5.45. The van der Waals surface area contributed by atoms with Gasteiger partial charge < -0.3 is 4.79 Å². The van der Waals surface area contributed by atoms with Gasteiger partial charge in [-0.1, -0.05) is 6.92 Å². The number of hydrogen-bond donors (Lipinski definition) is 0. The third-order valence-electron chi connectivity index (χ3n) is 2.79. The number of aldehydes is 1. The fourth-order valence-electron chi connectivity index (χ4n) is 1.83. The van der Waals surface area contributed by atoms with Gasteiger partial charge in [-0.3, -0.25) is 0 Å². The molecule has 0 amide bonds. The van der Waals surface area contributed by atoms with E-state index in [1.165, 1.54) is 12.8 Å². The van der Waals surface area contributed by atoms with Crippen LogP contribution >= 0.6 is 0 Å². The summed E-state index contributed by atoms with van der Waals surface area (Å²) in [6, 6.07) is 0. The highest BCUT2D eigenvalue weighted by Crippen LogP contribution is 2.56. The molecule has 2 saturated carbocycles. The molecule has 0 radical (unpaired) electrons. The smallest absolute Gasteiger partial charge is 0.123 e. The van der Waals surface area contributed by atoms with Crippen LogP contribution in [0.1, 0.15) is 19.8 Å². The average molecular weight is 124 g/mol. The Kier molecular flexibility index (Phi) is 0.961. The van der Waals surface area contributed by atoms with Crippen molar-refractivity contribution in [3.8, 4) is 0 Å². The van der Waals surface area contributed by atoms with Crippen LogP contribution in [-0.2, 0) is 4.79 Å². The summed E-state index contributed by atoms with van der Waals surface area (Å²) >= 11 is 0. The zero-order valence-electron chi connectivity index (χ0n) is 5.71. The maximum absolute atomic E-state index is 10.2. The van der Waals surface area contributed by atoms with Gasteiger partial charge in [-0.2, -0.15) is 0 Å². The van der Waals surface area contributed by atoms with Crippen molar-refractivity contribution in [2.45, 2.75) is 19.8 Å². The summed E-state index contributed by atoms with van der Waals surface area (Å²) in [5, 5.41) is 0. The highest BCUT2D eigenvalue weighted by atomic mass is 16.1. The topological polar surface area (TPSA) is 17.1 Å². The van der Waals surface area contributed by atoms with Crippen LogP contribution in [0.15, 0.2) is 0 Å². The minimum atomic E-state index is 0.458. The van der Waals surface area contributed by atoms with Crippen molar-refractivity contribution in [2.24, 2.45) is 23.7 Å². The molecule has 1 heteroatoms. The first-order chi connectivity index (χ1) is 4.33. The van der Waals surface area contributed by atoms with Crippen molar-refractivity contribution in [3.05, 3.63) is 0 Å². The summed E-state index contributed by atoms with van der Waals surface area (Å²) in [7, 11) is 0. The van der Waals surface area contributed by atoms with Gasteiger partial charge in [0.2, 0.25) is 0 Å². The highest BCUT2D eigenvalue weighted by Gasteiger charge is 2.51. The standard InChI is InChI=1S/C8H12O/c1-5-2-7(5)8-3-6(8)4-9/h4-8H,2-3H2,1H3/t5-,6+,7+,8+/m1/s1. The van der Waals surface area contributed by atoms with Crippen LogP contribution in [0.25, 0.3) is 0 Å². The molecule has 0 spiro atoms. The van der Waals surface area contributed by atoms with E-state index < -0.39 is 0 Å². The molecule has 50 valence electrons. The number of rotatable bonds is 2. The molecule has 0 heterocycles. The zero-order valence-corrected chi connectivity index (χ0v) is 5.71. The second-order valence-electron chi connectivity index (χ2n) is 3.58. The van der Waals surface area contributed by atoms with Gasteiger partial charge in [0.15, 0.2) is 0 Å². The summed E-state index contributed by atoms with van der Waals surface area (Å²) in [4.78, 5) is 10.2. The SMILES string of the molecule is C[C@@H]1C[C@@H]1[C@H]1C[C@H]1C=O. The Labute approximate surface area is 55.4 Å². The van der Waals surface area contributed by atoms with Crippen molar-refractivity contribution in [1.29, 1.82) is 0 Å². The maximum Gasteiger partial charge on any atom is 0.123 e. The van der Waals surface area contributed by atoms with Crippen LogP contribution in [0.4, 0.5) is 0 Å². The lowest BCUT2D eigenvalue weighted by Gasteiger charge is -1.86. The lowest BCUT2D eigenvalue weighted by atomic mass is 10.2. The van der Waals surface area contributed by atoms with Crippen molar-refractivity contribution in [2.75, 3.05) is 0 Å². The molecule has 4 atom stereocenters. The normalized spacial score (nSPS) is 54.8. The molecular weight excluding hydrogens is 112 g/mol. The van der Waals surface area contributed by atoms with E-state index in [1.54, 1.807) is 0 Å². The quantitative estimate of drug-likeness (QED) is 0.509. The lowest BCUT2D eigenvalue weighted by molar-refractivity contribution is -0.109. The number of carbonyl (C=O) groups is 1. The summed E-state index contributed by atoms with van der Waals surface area (Å²) in [5.74, 6) is 3.12. The van der Waals surface area contributed by atoms with Crippen LogP contribution in [0.2, 0.25) is 0 Å². The van der Waals surface area contributed by atoms with Gasteiger partial charge in [-0.25, -0.2) is 0 Å². The van der Waals surface area contributed by atoms with Gasteiger partial charge in [0, 0.05) is 5.92 Å². The fraction of sp³-hybridized carbons (Fsp3) is 0.875. The molecule has 0 N–H and O–H groups in total. The first-order valence-electron chi connectivity index (χ1n) is 3.78. The van der Waals surface area contributed by atoms with E-state index in [0.717, 1.165) is 24.0 Å². The Morgan fingerprint density at radius 1 is 1.33 bits per heavy atom. The average Bonchev–Trinajstić information content (AvgIpc) is 2.61. The Morgan fingerprint density at radius 3 is 2.33 bits per heavy atom. The molecule has 1 nitrogen and oxygen atoms in total. The third kappa shape index (κ3) is 0.790. The highest BCUT2D eigenvalue weighted by molar-refractivity contribution is 5.58. The second kappa shape index (κ2) is 1.59. The van der Waals surface area contributed by atoms with Gasteiger partial charge in [0.25, 0.3) is 0 Å². The third-order valence-corrected chi connectivity index (χ3v) is 2.79. The van der Waals surface area contributed by atoms with E-state index in [-0.39, 0.29) is 0 Å². The summed E-state index contributed by atoms with van der Waals surface area (Å²) < 4.78 is 0. The number of carbonyl (C=O) groups excluding carboxylic acids is 1.